The second-order valence-corrected chi connectivity index (χ2v) is 3.54. The quantitative estimate of drug-likeness (QED) is 0.570. The normalized spacial score (nSPS) is 12.7. The number of unbranched alkanes of at least 4 members (excludes halogenated alkanes) is 3. The minimum atomic E-state index is -0.873. The molecular weight excluding hydrogens is 196 g/mol. The number of hydrogen-bond acceptors (Lipinski definition) is 3. The molecule has 15 heavy (non-hydrogen) atoms. The predicted octanol–water partition coefficient (Wildman–Crippen LogP) is 2.07. The van der Waals surface area contributed by atoms with E-state index in [9.17, 15) is 4.79 Å². The molecule has 1 unspecified atom stereocenters. The first-order valence-electron chi connectivity index (χ1n) is 5.55. The van der Waals surface area contributed by atoms with Gasteiger partial charge >= 0.3 is 5.97 Å². The summed E-state index contributed by atoms with van der Waals surface area (Å²) < 4.78 is 10.00. The van der Waals surface area contributed by atoms with Crippen molar-refractivity contribution in [3.8, 4) is 0 Å². The molecule has 90 valence electrons. The summed E-state index contributed by atoms with van der Waals surface area (Å²) in [5.74, 6) is -0.873. The van der Waals surface area contributed by atoms with E-state index in [1.54, 1.807) is 7.11 Å². The zero-order chi connectivity index (χ0) is 11.5. The fraction of sp³-hybridized carbons (Fsp3) is 0.909. The first-order chi connectivity index (χ1) is 7.22. The highest BCUT2D eigenvalue weighted by molar-refractivity contribution is 5.72. The number of carbonyl (C=O) groups is 1. The molecule has 0 aliphatic carbocycles. The first-order valence-corrected chi connectivity index (χ1v) is 5.55. The van der Waals surface area contributed by atoms with Gasteiger partial charge in [0.25, 0.3) is 0 Å². The van der Waals surface area contributed by atoms with Gasteiger partial charge in [-0.2, -0.15) is 0 Å². The minimum Gasteiger partial charge on any atom is -0.479 e. The molecule has 0 amide bonds. The lowest BCUT2D eigenvalue weighted by Crippen LogP contribution is -2.25. The van der Waals surface area contributed by atoms with Gasteiger partial charge in [0.15, 0.2) is 6.10 Å². The molecular formula is C11H22O4. The summed E-state index contributed by atoms with van der Waals surface area (Å²) >= 11 is 0. The average molecular weight is 218 g/mol. The van der Waals surface area contributed by atoms with Gasteiger partial charge in [0.1, 0.15) is 0 Å². The van der Waals surface area contributed by atoms with E-state index >= 15 is 0 Å². The van der Waals surface area contributed by atoms with Crippen LogP contribution in [0.25, 0.3) is 0 Å². The maximum absolute atomic E-state index is 10.8. The van der Waals surface area contributed by atoms with E-state index in [-0.39, 0.29) is 0 Å². The van der Waals surface area contributed by atoms with Crippen LogP contribution in [0.2, 0.25) is 0 Å². The first kappa shape index (κ1) is 14.4. The molecule has 1 N–H and O–H groups in total. The van der Waals surface area contributed by atoms with Crippen molar-refractivity contribution in [1.29, 1.82) is 0 Å². The SMILES string of the molecule is CCCCCCC(OCCOC)C(=O)O. The van der Waals surface area contributed by atoms with Gasteiger partial charge in [0.2, 0.25) is 0 Å². The van der Waals surface area contributed by atoms with Gasteiger partial charge in [-0.15, -0.1) is 0 Å². The molecule has 0 heterocycles. The van der Waals surface area contributed by atoms with Gasteiger partial charge in [-0.1, -0.05) is 32.6 Å². The van der Waals surface area contributed by atoms with Gasteiger partial charge in [0.05, 0.1) is 13.2 Å². The summed E-state index contributed by atoms with van der Waals surface area (Å²) in [6.07, 6.45) is 4.23. The van der Waals surface area contributed by atoms with E-state index in [0.29, 0.717) is 19.6 Å². The summed E-state index contributed by atoms with van der Waals surface area (Å²) in [6, 6.07) is 0. The zero-order valence-electron chi connectivity index (χ0n) is 9.70. The standard InChI is InChI=1S/C11H22O4/c1-3-4-5-6-7-10(11(12)13)15-9-8-14-2/h10H,3-9H2,1-2H3,(H,12,13). The molecule has 0 aliphatic heterocycles. The number of aliphatic carboxylic acids is 1. The van der Waals surface area contributed by atoms with Crippen molar-refractivity contribution < 1.29 is 19.4 Å². The van der Waals surface area contributed by atoms with E-state index < -0.39 is 12.1 Å². The van der Waals surface area contributed by atoms with Crippen molar-refractivity contribution in [3.05, 3.63) is 0 Å². The van der Waals surface area contributed by atoms with Crippen molar-refractivity contribution in [2.75, 3.05) is 20.3 Å². The summed E-state index contributed by atoms with van der Waals surface area (Å²) in [7, 11) is 1.57. The Morgan fingerprint density at radius 2 is 2.00 bits per heavy atom. The molecule has 0 aromatic carbocycles. The van der Waals surface area contributed by atoms with Crippen molar-refractivity contribution in [2.24, 2.45) is 0 Å². The number of rotatable bonds is 10. The van der Waals surface area contributed by atoms with Crippen molar-refractivity contribution in [2.45, 2.75) is 45.1 Å². The van der Waals surface area contributed by atoms with E-state index in [1.165, 1.54) is 0 Å². The van der Waals surface area contributed by atoms with Crippen LogP contribution in [0.4, 0.5) is 0 Å². The number of hydrogen-bond donors (Lipinski definition) is 1. The second kappa shape index (κ2) is 9.93. The molecule has 0 spiro atoms. The van der Waals surface area contributed by atoms with Gasteiger partial charge in [-0.05, 0) is 6.42 Å². The van der Waals surface area contributed by atoms with Crippen LogP contribution in [0.5, 0.6) is 0 Å². The molecule has 0 saturated heterocycles. The Kier molecular flexibility index (Phi) is 9.52. The molecule has 0 aromatic rings. The Bertz CT molecular complexity index is 159. The molecule has 0 radical (unpaired) electrons. The van der Waals surface area contributed by atoms with Crippen LogP contribution in [-0.2, 0) is 14.3 Å². The van der Waals surface area contributed by atoms with E-state index in [4.69, 9.17) is 14.6 Å². The fourth-order valence-electron chi connectivity index (χ4n) is 1.31. The van der Waals surface area contributed by atoms with Gasteiger partial charge < -0.3 is 14.6 Å². The maximum Gasteiger partial charge on any atom is 0.332 e. The molecule has 0 aliphatic rings. The number of carboxylic acid groups (broad SMARTS) is 1. The van der Waals surface area contributed by atoms with Gasteiger partial charge in [-0.3, -0.25) is 0 Å². The lowest BCUT2D eigenvalue weighted by Gasteiger charge is -2.12. The summed E-state index contributed by atoms with van der Waals surface area (Å²) in [4.78, 5) is 10.8. The molecule has 1 atom stereocenters. The summed E-state index contributed by atoms with van der Waals surface area (Å²) in [5.41, 5.74) is 0. The maximum atomic E-state index is 10.8. The molecule has 0 rings (SSSR count). The van der Waals surface area contributed by atoms with Crippen LogP contribution in [-0.4, -0.2) is 37.5 Å². The topological polar surface area (TPSA) is 55.8 Å². The second-order valence-electron chi connectivity index (χ2n) is 3.54. The van der Waals surface area contributed by atoms with Crippen molar-refractivity contribution in [3.63, 3.8) is 0 Å². The Morgan fingerprint density at radius 1 is 1.27 bits per heavy atom. The lowest BCUT2D eigenvalue weighted by molar-refractivity contribution is -0.151. The van der Waals surface area contributed by atoms with Crippen LogP contribution >= 0.6 is 0 Å². The minimum absolute atomic E-state index is 0.348. The molecule has 4 heteroatoms. The molecule has 0 aromatic heterocycles. The van der Waals surface area contributed by atoms with Gasteiger partial charge in [0, 0.05) is 7.11 Å². The number of ether oxygens (including phenoxy) is 2. The number of methoxy groups -OCH3 is 1. The van der Waals surface area contributed by atoms with Crippen LogP contribution in [0, 0.1) is 0 Å². The molecule has 0 bridgehead atoms. The Labute approximate surface area is 91.6 Å². The predicted molar refractivity (Wildman–Crippen MR) is 58.0 cm³/mol. The third kappa shape index (κ3) is 8.39. The molecule has 0 saturated carbocycles. The highest BCUT2D eigenvalue weighted by Gasteiger charge is 2.16. The Balaban J connectivity index is 3.59. The third-order valence-electron chi connectivity index (χ3n) is 2.20. The summed E-state index contributed by atoms with van der Waals surface area (Å²) in [6.45, 7) is 2.92. The van der Waals surface area contributed by atoms with Gasteiger partial charge in [-0.25, -0.2) is 4.79 Å². The molecule has 4 nitrogen and oxygen atoms in total. The van der Waals surface area contributed by atoms with Crippen LogP contribution in [0.1, 0.15) is 39.0 Å². The third-order valence-corrected chi connectivity index (χ3v) is 2.20. The largest absolute Gasteiger partial charge is 0.479 e. The monoisotopic (exact) mass is 218 g/mol. The highest BCUT2D eigenvalue weighted by atomic mass is 16.5. The van der Waals surface area contributed by atoms with E-state index in [0.717, 1.165) is 25.7 Å². The highest BCUT2D eigenvalue weighted by Crippen LogP contribution is 2.08. The van der Waals surface area contributed by atoms with Crippen molar-refractivity contribution in [1.82, 2.24) is 0 Å². The Hall–Kier alpha value is -0.610. The van der Waals surface area contributed by atoms with Crippen LogP contribution < -0.4 is 0 Å². The summed E-state index contributed by atoms with van der Waals surface area (Å²) in [5, 5.41) is 8.86. The Morgan fingerprint density at radius 3 is 2.53 bits per heavy atom. The van der Waals surface area contributed by atoms with Crippen LogP contribution in [0.3, 0.4) is 0 Å². The number of carboxylic acids is 1. The zero-order valence-corrected chi connectivity index (χ0v) is 9.70. The smallest absolute Gasteiger partial charge is 0.332 e. The average Bonchev–Trinajstić information content (AvgIpc) is 2.21. The van der Waals surface area contributed by atoms with E-state index in [2.05, 4.69) is 6.92 Å². The molecule has 0 fully saturated rings. The van der Waals surface area contributed by atoms with E-state index in [1.807, 2.05) is 0 Å². The lowest BCUT2D eigenvalue weighted by atomic mass is 10.1. The fourth-order valence-corrected chi connectivity index (χ4v) is 1.31. The van der Waals surface area contributed by atoms with Crippen LogP contribution in [0.15, 0.2) is 0 Å². The van der Waals surface area contributed by atoms with Crippen molar-refractivity contribution >= 4 is 5.97 Å².